The van der Waals surface area contributed by atoms with E-state index in [1.165, 1.54) is 17.2 Å². The zero-order valence-electron chi connectivity index (χ0n) is 14.1. The summed E-state index contributed by atoms with van der Waals surface area (Å²) in [7, 11) is 0. The molecule has 0 bridgehead atoms. The number of halogens is 1. The summed E-state index contributed by atoms with van der Waals surface area (Å²) >= 11 is 2.26. The van der Waals surface area contributed by atoms with Crippen LogP contribution in [0, 0.1) is 3.57 Å². The summed E-state index contributed by atoms with van der Waals surface area (Å²) in [4.78, 5) is 12.8. The average molecular weight is 483 g/mol. The highest BCUT2D eigenvalue weighted by atomic mass is 127. The Kier molecular flexibility index (Phi) is 5.23. The molecule has 27 heavy (non-hydrogen) atoms. The SMILES string of the molecule is OC[C@H]1OC(n2cnc3c(NCc4cccc(I)c4)ncnc32)[C@H](O)[C@@H]1O. The van der Waals surface area contributed by atoms with Gasteiger partial charge in [0.1, 0.15) is 24.6 Å². The molecular weight excluding hydrogens is 465 g/mol. The molecule has 0 radical (unpaired) electrons. The smallest absolute Gasteiger partial charge is 0.167 e. The molecule has 3 aromatic rings. The number of hydrogen-bond donors (Lipinski definition) is 4. The molecule has 4 N–H and O–H groups in total. The fourth-order valence-electron chi connectivity index (χ4n) is 3.11. The second-order valence-electron chi connectivity index (χ2n) is 6.26. The highest BCUT2D eigenvalue weighted by molar-refractivity contribution is 14.1. The van der Waals surface area contributed by atoms with E-state index in [2.05, 4.69) is 48.9 Å². The van der Waals surface area contributed by atoms with Crippen molar-refractivity contribution in [3.05, 3.63) is 46.1 Å². The van der Waals surface area contributed by atoms with Gasteiger partial charge < -0.3 is 25.4 Å². The van der Waals surface area contributed by atoms with Gasteiger partial charge in [-0.1, -0.05) is 12.1 Å². The third-order valence-electron chi connectivity index (χ3n) is 4.50. The topological polar surface area (TPSA) is 126 Å². The van der Waals surface area contributed by atoms with E-state index in [1.807, 2.05) is 18.2 Å². The van der Waals surface area contributed by atoms with Gasteiger partial charge in [-0.25, -0.2) is 15.0 Å². The highest BCUT2D eigenvalue weighted by Gasteiger charge is 2.44. The second kappa shape index (κ2) is 7.64. The first-order valence-electron chi connectivity index (χ1n) is 8.37. The van der Waals surface area contributed by atoms with Gasteiger partial charge in [0.25, 0.3) is 0 Å². The first kappa shape index (κ1) is 18.5. The number of hydrogen-bond acceptors (Lipinski definition) is 8. The van der Waals surface area contributed by atoms with Gasteiger partial charge in [0.05, 0.1) is 12.9 Å². The lowest BCUT2D eigenvalue weighted by Gasteiger charge is -2.16. The van der Waals surface area contributed by atoms with Crippen molar-refractivity contribution in [1.29, 1.82) is 0 Å². The minimum atomic E-state index is -1.20. The molecule has 0 saturated carbocycles. The van der Waals surface area contributed by atoms with Gasteiger partial charge in [0, 0.05) is 10.1 Å². The maximum atomic E-state index is 10.2. The molecule has 0 spiro atoms. The molecule has 1 unspecified atom stereocenters. The Hall–Kier alpha value is -1.86. The second-order valence-corrected chi connectivity index (χ2v) is 7.50. The largest absolute Gasteiger partial charge is 0.394 e. The standard InChI is InChI=1S/C17H18IN5O4/c18-10-3-1-2-9(4-10)5-19-15-12-16(21-7-20-15)23(8-22-12)17-14(26)13(25)11(6-24)27-17/h1-4,7-8,11,13-14,17,24-26H,5-6H2,(H,19,20,21)/t11-,13-,14-,17?/m1/s1. The molecule has 0 aliphatic carbocycles. The van der Waals surface area contributed by atoms with Gasteiger partial charge in [-0.3, -0.25) is 4.57 Å². The Labute approximate surface area is 168 Å². The third kappa shape index (κ3) is 3.50. The predicted molar refractivity (Wildman–Crippen MR) is 105 cm³/mol. The number of aromatic nitrogens is 4. The molecule has 1 fully saturated rings. The highest BCUT2D eigenvalue weighted by Crippen LogP contribution is 2.32. The lowest BCUT2D eigenvalue weighted by atomic mass is 10.1. The molecule has 9 nitrogen and oxygen atoms in total. The summed E-state index contributed by atoms with van der Waals surface area (Å²) in [5, 5.41) is 32.7. The van der Waals surface area contributed by atoms with Gasteiger partial charge in [-0.05, 0) is 40.3 Å². The van der Waals surface area contributed by atoms with Crippen molar-refractivity contribution >= 4 is 39.6 Å². The van der Waals surface area contributed by atoms with Crippen LogP contribution < -0.4 is 5.32 Å². The van der Waals surface area contributed by atoms with Gasteiger partial charge in [-0.15, -0.1) is 0 Å². The van der Waals surface area contributed by atoms with Crippen LogP contribution in [0.4, 0.5) is 5.82 Å². The summed E-state index contributed by atoms with van der Waals surface area (Å²) in [6, 6.07) is 8.11. The van der Waals surface area contributed by atoms with E-state index in [4.69, 9.17) is 4.74 Å². The van der Waals surface area contributed by atoms with Crippen LogP contribution in [0.2, 0.25) is 0 Å². The number of rotatable bonds is 5. The van der Waals surface area contributed by atoms with Crippen LogP contribution >= 0.6 is 22.6 Å². The van der Waals surface area contributed by atoms with Crippen molar-refractivity contribution in [3.8, 4) is 0 Å². The molecule has 10 heteroatoms. The van der Waals surface area contributed by atoms with Crippen molar-refractivity contribution < 1.29 is 20.1 Å². The third-order valence-corrected chi connectivity index (χ3v) is 5.17. The van der Waals surface area contributed by atoms with Gasteiger partial charge in [0.2, 0.25) is 0 Å². The van der Waals surface area contributed by atoms with Gasteiger partial charge in [0.15, 0.2) is 23.2 Å². The molecule has 3 heterocycles. The lowest BCUT2D eigenvalue weighted by Crippen LogP contribution is -2.33. The van der Waals surface area contributed by atoms with E-state index in [1.54, 1.807) is 0 Å². The van der Waals surface area contributed by atoms with Crippen LogP contribution in [-0.2, 0) is 11.3 Å². The van der Waals surface area contributed by atoms with E-state index in [-0.39, 0.29) is 6.61 Å². The molecule has 0 amide bonds. The fourth-order valence-corrected chi connectivity index (χ4v) is 3.72. The fraction of sp³-hybridized carbons (Fsp3) is 0.353. The van der Waals surface area contributed by atoms with Crippen LogP contribution in [0.25, 0.3) is 11.2 Å². The number of aliphatic hydroxyl groups is 3. The molecule has 1 saturated heterocycles. The number of anilines is 1. The summed E-state index contributed by atoms with van der Waals surface area (Å²) in [5.41, 5.74) is 2.10. The number of benzene rings is 1. The molecule has 1 aromatic carbocycles. The van der Waals surface area contributed by atoms with E-state index < -0.39 is 24.5 Å². The first-order chi connectivity index (χ1) is 13.1. The Morgan fingerprint density at radius 3 is 2.78 bits per heavy atom. The Morgan fingerprint density at radius 1 is 1.19 bits per heavy atom. The number of fused-ring (bicyclic) bond motifs is 1. The van der Waals surface area contributed by atoms with Crippen LogP contribution in [-0.4, -0.2) is 59.8 Å². The quantitative estimate of drug-likeness (QED) is 0.390. The van der Waals surface area contributed by atoms with Crippen LogP contribution in [0.5, 0.6) is 0 Å². The lowest BCUT2D eigenvalue weighted by molar-refractivity contribution is -0.0511. The van der Waals surface area contributed by atoms with E-state index >= 15 is 0 Å². The average Bonchev–Trinajstić information content (AvgIpc) is 3.22. The predicted octanol–water partition coefficient (Wildman–Crippen LogP) is 0.654. The molecule has 4 rings (SSSR count). The summed E-state index contributed by atoms with van der Waals surface area (Å²) in [6.07, 6.45) is -1.24. The number of nitrogens with zero attached hydrogens (tertiary/aromatic N) is 4. The van der Waals surface area contributed by atoms with Crippen LogP contribution in [0.1, 0.15) is 11.8 Å². The number of imidazole rings is 1. The van der Waals surface area contributed by atoms with Crippen molar-refractivity contribution in [3.63, 3.8) is 0 Å². The van der Waals surface area contributed by atoms with Gasteiger partial charge in [-0.2, -0.15) is 0 Å². The van der Waals surface area contributed by atoms with Crippen molar-refractivity contribution in [1.82, 2.24) is 19.5 Å². The summed E-state index contributed by atoms with van der Waals surface area (Å²) in [5.74, 6) is 0.560. The van der Waals surface area contributed by atoms with Crippen LogP contribution in [0.3, 0.4) is 0 Å². The molecule has 2 aromatic heterocycles. The Morgan fingerprint density at radius 2 is 2.04 bits per heavy atom. The minimum Gasteiger partial charge on any atom is -0.394 e. The molecular formula is C17H18IN5O4. The van der Waals surface area contributed by atoms with Gasteiger partial charge >= 0.3 is 0 Å². The van der Waals surface area contributed by atoms with E-state index in [0.717, 1.165) is 9.13 Å². The first-order valence-corrected chi connectivity index (χ1v) is 9.44. The van der Waals surface area contributed by atoms with Crippen LogP contribution in [0.15, 0.2) is 36.9 Å². The maximum Gasteiger partial charge on any atom is 0.167 e. The molecule has 1 aliphatic rings. The summed E-state index contributed by atoms with van der Waals surface area (Å²) in [6.45, 7) is 0.183. The zero-order valence-corrected chi connectivity index (χ0v) is 16.3. The molecule has 142 valence electrons. The normalized spacial score (nSPS) is 25.2. The van der Waals surface area contributed by atoms with Crippen molar-refractivity contribution in [2.24, 2.45) is 0 Å². The molecule has 4 atom stereocenters. The monoisotopic (exact) mass is 483 g/mol. The van der Waals surface area contributed by atoms with E-state index in [0.29, 0.717) is 23.5 Å². The van der Waals surface area contributed by atoms with E-state index in [9.17, 15) is 15.3 Å². The van der Waals surface area contributed by atoms with Crippen molar-refractivity contribution in [2.75, 3.05) is 11.9 Å². The Balaban J connectivity index is 1.60. The summed E-state index contributed by atoms with van der Waals surface area (Å²) < 4.78 is 8.25. The minimum absolute atomic E-state index is 0.390. The van der Waals surface area contributed by atoms with Crippen molar-refractivity contribution in [2.45, 2.75) is 31.1 Å². The zero-order chi connectivity index (χ0) is 19.0. The Bertz CT molecular complexity index is 952. The number of nitrogens with one attached hydrogen (secondary N) is 1. The number of aliphatic hydroxyl groups excluding tert-OH is 3. The maximum absolute atomic E-state index is 10.2. The number of ether oxygens (including phenoxy) is 1. The molecule has 1 aliphatic heterocycles.